The second-order valence-corrected chi connectivity index (χ2v) is 8.69. The van der Waals surface area contributed by atoms with Gasteiger partial charge >= 0.3 is 6.18 Å². The van der Waals surface area contributed by atoms with E-state index in [0.29, 0.717) is 31.3 Å². The van der Waals surface area contributed by atoms with Gasteiger partial charge in [-0.25, -0.2) is 0 Å². The molecule has 3 aliphatic rings. The normalized spacial score (nSPS) is 37.5. The molecule has 5 unspecified atom stereocenters. The second-order valence-electron chi connectivity index (χ2n) is 8.69. The molecule has 150 valence electrons. The molecule has 26 heavy (non-hydrogen) atoms. The van der Waals surface area contributed by atoms with Crippen molar-refractivity contribution in [3.8, 4) is 0 Å². The first-order chi connectivity index (χ1) is 12.2. The molecule has 0 bridgehead atoms. The van der Waals surface area contributed by atoms with E-state index in [1.807, 2.05) is 0 Å². The highest BCUT2D eigenvalue weighted by molar-refractivity contribution is 5.80. The van der Waals surface area contributed by atoms with Crippen molar-refractivity contribution in [3.63, 3.8) is 0 Å². The Bertz CT molecular complexity index is 521. The lowest BCUT2D eigenvalue weighted by Crippen LogP contribution is -2.71. The molecule has 7 heteroatoms. The second kappa shape index (κ2) is 7.56. The molecule has 5 atom stereocenters. The summed E-state index contributed by atoms with van der Waals surface area (Å²) in [6.07, 6.45) is 0.777. The zero-order valence-corrected chi connectivity index (χ0v) is 16.0. The Balaban J connectivity index is 1.56. The number of guanidine groups is 1. The maximum atomic E-state index is 13.3. The van der Waals surface area contributed by atoms with Gasteiger partial charge in [0, 0.05) is 37.6 Å². The Morgan fingerprint density at radius 3 is 2.58 bits per heavy atom. The summed E-state index contributed by atoms with van der Waals surface area (Å²) in [5.74, 6) is -0.505. The van der Waals surface area contributed by atoms with E-state index < -0.39 is 12.1 Å². The van der Waals surface area contributed by atoms with E-state index in [0.717, 1.165) is 25.9 Å². The molecule has 2 saturated carbocycles. The van der Waals surface area contributed by atoms with Crippen molar-refractivity contribution >= 4 is 5.96 Å². The fraction of sp³-hybridized carbons (Fsp3) is 0.947. The maximum absolute atomic E-state index is 13.3. The summed E-state index contributed by atoms with van der Waals surface area (Å²) in [6.45, 7) is 5.52. The number of aliphatic imine (C=N–C) groups is 1. The lowest BCUT2D eigenvalue weighted by atomic mass is 9.55. The number of ether oxygens (including phenoxy) is 1. The molecule has 0 aromatic heterocycles. The van der Waals surface area contributed by atoms with Crippen LogP contribution in [0.2, 0.25) is 0 Å². The lowest BCUT2D eigenvalue weighted by Gasteiger charge is -2.60. The number of nitrogens with one attached hydrogen (secondary N) is 2. The van der Waals surface area contributed by atoms with Crippen LogP contribution in [-0.2, 0) is 4.74 Å². The molecule has 0 amide bonds. The predicted molar refractivity (Wildman–Crippen MR) is 96.0 cm³/mol. The summed E-state index contributed by atoms with van der Waals surface area (Å²) in [5.41, 5.74) is 0.00203. The monoisotopic (exact) mass is 375 g/mol. The summed E-state index contributed by atoms with van der Waals surface area (Å²) < 4.78 is 45.7. The number of hydrogen-bond acceptors (Lipinski definition) is 2. The number of alkyl halides is 3. The molecule has 1 aliphatic heterocycles. The molecule has 0 radical (unpaired) electrons. The van der Waals surface area contributed by atoms with Crippen LogP contribution in [0.15, 0.2) is 4.99 Å². The van der Waals surface area contributed by atoms with Crippen LogP contribution in [0.25, 0.3) is 0 Å². The van der Waals surface area contributed by atoms with E-state index >= 15 is 0 Å². The first-order valence-corrected chi connectivity index (χ1v) is 9.90. The van der Waals surface area contributed by atoms with Crippen molar-refractivity contribution in [1.29, 1.82) is 0 Å². The zero-order chi connectivity index (χ0) is 18.9. The van der Waals surface area contributed by atoms with Crippen molar-refractivity contribution in [2.75, 3.05) is 20.2 Å². The van der Waals surface area contributed by atoms with Gasteiger partial charge in [0.05, 0.1) is 12.0 Å². The van der Waals surface area contributed by atoms with Crippen molar-refractivity contribution in [2.24, 2.45) is 28.2 Å². The minimum absolute atomic E-state index is 0.00203. The van der Waals surface area contributed by atoms with Gasteiger partial charge in [0.1, 0.15) is 0 Å². The Labute approximate surface area is 154 Å². The summed E-state index contributed by atoms with van der Waals surface area (Å²) in [7, 11) is 1.68. The van der Waals surface area contributed by atoms with Crippen molar-refractivity contribution in [2.45, 2.75) is 70.7 Å². The lowest BCUT2D eigenvalue weighted by molar-refractivity contribution is -0.195. The summed E-state index contributed by atoms with van der Waals surface area (Å²) in [4.78, 5) is 4.26. The van der Waals surface area contributed by atoms with E-state index in [9.17, 15) is 13.2 Å². The Hall–Kier alpha value is -0.980. The highest BCUT2D eigenvalue weighted by Crippen LogP contribution is 2.51. The van der Waals surface area contributed by atoms with Gasteiger partial charge in [-0.05, 0) is 31.6 Å². The fourth-order valence-electron chi connectivity index (χ4n) is 5.27. The number of halogens is 3. The van der Waals surface area contributed by atoms with E-state index in [1.165, 1.54) is 0 Å². The molecule has 2 N–H and O–H groups in total. The van der Waals surface area contributed by atoms with Crippen LogP contribution < -0.4 is 10.6 Å². The zero-order valence-electron chi connectivity index (χ0n) is 16.0. The minimum atomic E-state index is -4.10. The van der Waals surface area contributed by atoms with Gasteiger partial charge in [0.25, 0.3) is 0 Å². The third-order valence-electron chi connectivity index (χ3n) is 6.71. The smallest absolute Gasteiger partial charge is 0.377 e. The van der Waals surface area contributed by atoms with Crippen LogP contribution >= 0.6 is 0 Å². The van der Waals surface area contributed by atoms with E-state index in [2.05, 4.69) is 29.5 Å². The van der Waals surface area contributed by atoms with Crippen molar-refractivity contribution in [3.05, 3.63) is 0 Å². The van der Waals surface area contributed by atoms with Gasteiger partial charge in [0.15, 0.2) is 5.96 Å². The number of fused-ring (bicyclic) bond motifs is 1. The highest BCUT2D eigenvalue weighted by Gasteiger charge is 2.58. The minimum Gasteiger partial charge on any atom is -0.377 e. The van der Waals surface area contributed by atoms with Crippen LogP contribution in [-0.4, -0.2) is 44.5 Å². The van der Waals surface area contributed by atoms with Gasteiger partial charge in [-0.15, -0.1) is 0 Å². The van der Waals surface area contributed by atoms with Crippen LogP contribution in [0.3, 0.4) is 0 Å². The van der Waals surface area contributed by atoms with Gasteiger partial charge < -0.3 is 15.4 Å². The molecule has 0 aromatic rings. The molecule has 2 aliphatic carbocycles. The van der Waals surface area contributed by atoms with Crippen LogP contribution in [0.4, 0.5) is 13.2 Å². The highest BCUT2D eigenvalue weighted by atomic mass is 19.4. The third kappa shape index (κ3) is 3.82. The fourth-order valence-corrected chi connectivity index (χ4v) is 5.27. The van der Waals surface area contributed by atoms with Crippen molar-refractivity contribution in [1.82, 2.24) is 10.6 Å². The number of hydrogen-bond donors (Lipinski definition) is 2. The molecular weight excluding hydrogens is 343 g/mol. The van der Waals surface area contributed by atoms with Crippen molar-refractivity contribution < 1.29 is 17.9 Å². The molecule has 0 spiro atoms. The molecular formula is C19H32F3N3O. The molecule has 4 nitrogen and oxygen atoms in total. The van der Waals surface area contributed by atoms with E-state index in [1.54, 1.807) is 7.05 Å². The molecule has 0 aromatic carbocycles. The third-order valence-corrected chi connectivity index (χ3v) is 6.71. The Kier molecular flexibility index (Phi) is 5.75. The molecule has 1 heterocycles. The average Bonchev–Trinajstić information content (AvgIpc) is 2.61. The Morgan fingerprint density at radius 1 is 1.15 bits per heavy atom. The largest absolute Gasteiger partial charge is 0.392 e. The van der Waals surface area contributed by atoms with E-state index in [-0.39, 0.29) is 29.9 Å². The molecule has 3 fully saturated rings. The summed E-state index contributed by atoms with van der Waals surface area (Å²) in [6, 6.07) is 0.240. The first kappa shape index (κ1) is 19.8. The van der Waals surface area contributed by atoms with Gasteiger partial charge in [-0.1, -0.05) is 26.7 Å². The van der Waals surface area contributed by atoms with Gasteiger partial charge in [-0.3, -0.25) is 4.99 Å². The number of rotatable bonds is 3. The quantitative estimate of drug-likeness (QED) is 0.584. The Morgan fingerprint density at radius 2 is 1.88 bits per heavy atom. The van der Waals surface area contributed by atoms with Crippen LogP contribution in [0, 0.1) is 23.2 Å². The topological polar surface area (TPSA) is 45.7 Å². The standard InChI is InChI=1S/C19H32F3N3O/c1-18(2)15(13-8-6-10-26-16(13)18)25-17(23-3)24-11-12-7-4-5-9-14(12)19(20,21)22/h12-16H,4-11H2,1-3H3,(H2,23,24,25). The summed E-state index contributed by atoms with van der Waals surface area (Å²) in [5, 5.41) is 6.64. The summed E-state index contributed by atoms with van der Waals surface area (Å²) >= 11 is 0. The average molecular weight is 375 g/mol. The van der Waals surface area contributed by atoms with Crippen LogP contribution in [0.5, 0.6) is 0 Å². The van der Waals surface area contributed by atoms with Gasteiger partial charge in [-0.2, -0.15) is 13.2 Å². The molecule has 1 saturated heterocycles. The molecule has 3 rings (SSSR count). The first-order valence-electron chi connectivity index (χ1n) is 9.90. The maximum Gasteiger partial charge on any atom is 0.392 e. The number of nitrogens with zero attached hydrogens (tertiary/aromatic N) is 1. The van der Waals surface area contributed by atoms with Crippen LogP contribution in [0.1, 0.15) is 52.4 Å². The van der Waals surface area contributed by atoms with E-state index in [4.69, 9.17) is 4.74 Å². The van der Waals surface area contributed by atoms with Gasteiger partial charge in [0.2, 0.25) is 0 Å². The predicted octanol–water partition coefficient (Wildman–Crippen LogP) is 3.72. The SMILES string of the molecule is CN=C(NCC1CCCCC1C(F)(F)F)NC1C2CCCOC2C1(C)C.